The maximum absolute atomic E-state index is 6.46. The smallest absolute Gasteiger partial charge is 0.0459 e. The van der Waals surface area contributed by atoms with Crippen molar-refractivity contribution in [1.82, 2.24) is 4.90 Å². The van der Waals surface area contributed by atoms with Crippen LogP contribution in [-0.4, -0.2) is 43.7 Å². The first-order valence-corrected chi connectivity index (χ1v) is 8.38. The second-order valence-electron chi connectivity index (χ2n) is 6.33. The molecular weight excluding hydrogens is 282 g/mol. The fourth-order valence-electron chi connectivity index (χ4n) is 3.16. The van der Waals surface area contributed by atoms with Crippen LogP contribution in [0.1, 0.15) is 32.3 Å². The van der Waals surface area contributed by atoms with E-state index >= 15 is 0 Å². The van der Waals surface area contributed by atoms with Gasteiger partial charge in [0.2, 0.25) is 0 Å². The summed E-state index contributed by atoms with van der Waals surface area (Å²) in [6.45, 7) is 7.68. The molecule has 0 aromatic heterocycles. The van der Waals surface area contributed by atoms with Gasteiger partial charge in [-0.2, -0.15) is 0 Å². The number of rotatable bonds is 4. The molecule has 2 atom stereocenters. The Kier molecular flexibility index (Phi) is 5.91. The molecule has 4 heteroatoms. The second kappa shape index (κ2) is 7.48. The maximum Gasteiger partial charge on any atom is 0.0459 e. The molecule has 1 fully saturated rings. The van der Waals surface area contributed by atoms with Crippen molar-refractivity contribution in [2.45, 2.75) is 45.2 Å². The first-order chi connectivity index (χ1) is 10.0. The second-order valence-corrected chi connectivity index (χ2v) is 6.74. The lowest BCUT2D eigenvalue weighted by Gasteiger charge is -2.32. The Labute approximate surface area is 134 Å². The maximum atomic E-state index is 6.46. The summed E-state index contributed by atoms with van der Waals surface area (Å²) in [4.78, 5) is 4.95. The molecule has 1 heterocycles. The lowest BCUT2D eigenvalue weighted by atomic mass is 10.1. The highest BCUT2D eigenvalue weighted by Gasteiger charge is 2.22. The number of likely N-dealkylation sites (N-methyl/N-ethyl adjacent to an activating group) is 1. The van der Waals surface area contributed by atoms with E-state index in [9.17, 15) is 0 Å². The largest absolute Gasteiger partial charge is 0.367 e. The number of hydrogen-bond donors (Lipinski definition) is 1. The van der Waals surface area contributed by atoms with Gasteiger partial charge in [-0.25, -0.2) is 0 Å². The Bertz CT molecular complexity index is 461. The van der Waals surface area contributed by atoms with Gasteiger partial charge in [-0.3, -0.25) is 0 Å². The molecule has 3 nitrogen and oxygen atoms in total. The van der Waals surface area contributed by atoms with Gasteiger partial charge in [-0.05, 0) is 57.5 Å². The molecule has 1 aromatic carbocycles. The van der Waals surface area contributed by atoms with Gasteiger partial charge in [-0.15, -0.1) is 0 Å². The van der Waals surface area contributed by atoms with Gasteiger partial charge in [0.15, 0.2) is 0 Å². The van der Waals surface area contributed by atoms with Gasteiger partial charge < -0.3 is 15.5 Å². The number of nitrogens with two attached hydrogens (primary N) is 1. The predicted molar refractivity (Wildman–Crippen MR) is 92.3 cm³/mol. The van der Waals surface area contributed by atoms with Crippen molar-refractivity contribution in [3.05, 3.63) is 28.8 Å². The van der Waals surface area contributed by atoms with Gasteiger partial charge in [0.25, 0.3) is 0 Å². The summed E-state index contributed by atoms with van der Waals surface area (Å²) in [5, 5.41) is 0.845. The minimum atomic E-state index is 0.142. The number of nitrogens with zero attached hydrogens (tertiary/aromatic N) is 2. The topological polar surface area (TPSA) is 32.5 Å². The molecule has 0 aliphatic carbocycles. The van der Waals surface area contributed by atoms with Gasteiger partial charge in [0.05, 0.1) is 0 Å². The highest BCUT2D eigenvalue weighted by atomic mass is 35.5. The van der Waals surface area contributed by atoms with Crippen LogP contribution in [0.4, 0.5) is 5.69 Å². The summed E-state index contributed by atoms with van der Waals surface area (Å²) >= 11 is 6.46. The summed E-state index contributed by atoms with van der Waals surface area (Å²) in [7, 11) is 2.21. The molecule has 0 saturated carbocycles. The van der Waals surface area contributed by atoms with E-state index < -0.39 is 0 Å². The van der Waals surface area contributed by atoms with Crippen LogP contribution < -0.4 is 10.6 Å². The zero-order valence-electron chi connectivity index (χ0n) is 13.5. The highest BCUT2D eigenvalue weighted by Crippen LogP contribution is 2.28. The number of anilines is 1. The fourth-order valence-corrected chi connectivity index (χ4v) is 3.41. The summed E-state index contributed by atoms with van der Waals surface area (Å²) in [5.74, 6) is 0. The molecule has 1 saturated heterocycles. The van der Waals surface area contributed by atoms with Crippen molar-refractivity contribution in [3.8, 4) is 0 Å². The minimum absolute atomic E-state index is 0.142. The predicted octanol–water partition coefficient (Wildman–Crippen LogP) is 3.15. The van der Waals surface area contributed by atoms with Crippen LogP contribution in [0, 0.1) is 0 Å². The standard InChI is InChI=1S/C17H28ClN3/c1-4-15-12-20(3)8-5-9-21(15)16-7-6-14(10-13(2)19)17(18)11-16/h6-7,11,13,15H,4-5,8-10,12,19H2,1-3H3. The van der Waals surface area contributed by atoms with E-state index in [4.69, 9.17) is 17.3 Å². The average Bonchev–Trinajstić information content (AvgIpc) is 2.62. The van der Waals surface area contributed by atoms with Crippen molar-refractivity contribution in [1.29, 1.82) is 0 Å². The molecule has 2 unspecified atom stereocenters. The lowest BCUT2D eigenvalue weighted by Crippen LogP contribution is -2.39. The molecule has 1 aromatic rings. The summed E-state index contributed by atoms with van der Waals surface area (Å²) in [6, 6.07) is 7.17. The molecule has 0 spiro atoms. The van der Waals surface area contributed by atoms with Gasteiger partial charge in [0, 0.05) is 35.9 Å². The Morgan fingerprint density at radius 2 is 2.14 bits per heavy atom. The van der Waals surface area contributed by atoms with E-state index in [1.807, 2.05) is 6.92 Å². The van der Waals surface area contributed by atoms with Gasteiger partial charge in [-0.1, -0.05) is 24.6 Å². The molecule has 21 heavy (non-hydrogen) atoms. The highest BCUT2D eigenvalue weighted by molar-refractivity contribution is 6.31. The van der Waals surface area contributed by atoms with Crippen molar-refractivity contribution >= 4 is 17.3 Å². The number of hydrogen-bond acceptors (Lipinski definition) is 3. The van der Waals surface area contributed by atoms with Crippen LogP contribution in [0.5, 0.6) is 0 Å². The van der Waals surface area contributed by atoms with Crippen LogP contribution in [-0.2, 0) is 6.42 Å². The molecular formula is C17H28ClN3. The number of benzene rings is 1. The molecule has 0 radical (unpaired) electrons. The quantitative estimate of drug-likeness (QED) is 0.927. The summed E-state index contributed by atoms with van der Waals surface area (Å²) in [5.41, 5.74) is 8.27. The van der Waals surface area contributed by atoms with E-state index in [1.165, 1.54) is 18.7 Å². The van der Waals surface area contributed by atoms with Crippen LogP contribution in [0.3, 0.4) is 0 Å². The SMILES string of the molecule is CCC1CN(C)CCCN1c1ccc(CC(C)N)c(Cl)c1. The van der Waals surface area contributed by atoms with Crippen molar-refractivity contribution in [2.75, 3.05) is 31.6 Å². The van der Waals surface area contributed by atoms with E-state index in [2.05, 4.69) is 42.0 Å². The molecule has 2 rings (SSSR count). The average molecular weight is 310 g/mol. The van der Waals surface area contributed by atoms with Crippen molar-refractivity contribution < 1.29 is 0 Å². The van der Waals surface area contributed by atoms with Gasteiger partial charge in [0.1, 0.15) is 0 Å². The van der Waals surface area contributed by atoms with Crippen molar-refractivity contribution in [3.63, 3.8) is 0 Å². The summed E-state index contributed by atoms with van der Waals surface area (Å²) < 4.78 is 0. The van der Waals surface area contributed by atoms with Crippen LogP contribution in [0.2, 0.25) is 5.02 Å². The Hall–Kier alpha value is -0.770. The van der Waals surface area contributed by atoms with E-state index in [1.54, 1.807) is 0 Å². The first kappa shape index (κ1) is 16.6. The van der Waals surface area contributed by atoms with E-state index in [-0.39, 0.29) is 6.04 Å². The zero-order chi connectivity index (χ0) is 15.4. The Balaban J connectivity index is 2.21. The first-order valence-electron chi connectivity index (χ1n) is 8.00. The Morgan fingerprint density at radius 3 is 2.76 bits per heavy atom. The zero-order valence-corrected chi connectivity index (χ0v) is 14.2. The normalized spacial score (nSPS) is 22.1. The minimum Gasteiger partial charge on any atom is -0.367 e. The van der Waals surface area contributed by atoms with E-state index in [0.717, 1.165) is 36.5 Å². The Morgan fingerprint density at radius 1 is 1.38 bits per heavy atom. The summed E-state index contributed by atoms with van der Waals surface area (Å²) in [6.07, 6.45) is 3.19. The van der Waals surface area contributed by atoms with Crippen LogP contribution in [0.15, 0.2) is 18.2 Å². The number of halogens is 1. The molecule has 118 valence electrons. The molecule has 0 bridgehead atoms. The molecule has 1 aliphatic rings. The molecule has 0 amide bonds. The fraction of sp³-hybridized carbons (Fsp3) is 0.647. The van der Waals surface area contributed by atoms with Crippen LogP contribution in [0.25, 0.3) is 0 Å². The van der Waals surface area contributed by atoms with Gasteiger partial charge >= 0.3 is 0 Å². The molecule has 2 N–H and O–H groups in total. The third-order valence-electron chi connectivity index (χ3n) is 4.28. The molecule has 1 aliphatic heterocycles. The van der Waals surface area contributed by atoms with Crippen LogP contribution >= 0.6 is 11.6 Å². The third-order valence-corrected chi connectivity index (χ3v) is 4.64. The lowest BCUT2D eigenvalue weighted by molar-refractivity contribution is 0.328. The third kappa shape index (κ3) is 4.35. The van der Waals surface area contributed by atoms with Crippen molar-refractivity contribution in [2.24, 2.45) is 5.73 Å². The van der Waals surface area contributed by atoms with E-state index in [0.29, 0.717) is 6.04 Å². The monoisotopic (exact) mass is 309 g/mol.